The summed E-state index contributed by atoms with van der Waals surface area (Å²) in [5.74, 6) is 0.206. The van der Waals surface area contributed by atoms with E-state index in [1.165, 1.54) is 21.7 Å². The summed E-state index contributed by atoms with van der Waals surface area (Å²) in [7, 11) is -3.43. The minimum Gasteiger partial charge on any atom is -0.339 e. The highest BCUT2D eigenvalue weighted by molar-refractivity contribution is 7.91. The van der Waals surface area contributed by atoms with E-state index in [2.05, 4.69) is 10.1 Å². The zero-order valence-corrected chi connectivity index (χ0v) is 15.3. The molecular weight excluding hydrogens is 377 g/mol. The van der Waals surface area contributed by atoms with Crippen molar-refractivity contribution in [1.82, 2.24) is 14.4 Å². The van der Waals surface area contributed by atoms with Crippen LogP contribution in [0.2, 0.25) is 0 Å². The molecule has 0 bridgehead atoms. The lowest BCUT2D eigenvalue weighted by atomic mass is 9.98. The van der Waals surface area contributed by atoms with E-state index in [0.29, 0.717) is 41.6 Å². The molecule has 0 N–H and O–H groups in total. The molecule has 0 amide bonds. The normalized spacial score (nSPS) is 16.8. The van der Waals surface area contributed by atoms with Crippen LogP contribution in [0, 0.1) is 5.82 Å². The van der Waals surface area contributed by atoms with Gasteiger partial charge in [-0.1, -0.05) is 23.4 Å². The second kappa shape index (κ2) is 6.90. The van der Waals surface area contributed by atoms with Crippen LogP contribution in [0.25, 0.3) is 11.4 Å². The molecule has 1 aliphatic rings. The molecule has 6 nitrogen and oxygen atoms in total. The third kappa shape index (κ3) is 3.17. The van der Waals surface area contributed by atoms with E-state index >= 15 is 0 Å². The van der Waals surface area contributed by atoms with E-state index in [0.717, 1.165) is 0 Å². The average molecular weight is 393 g/mol. The highest BCUT2D eigenvalue weighted by Gasteiger charge is 2.32. The monoisotopic (exact) mass is 393 g/mol. The summed E-state index contributed by atoms with van der Waals surface area (Å²) in [4.78, 5) is 4.32. The molecule has 1 fully saturated rings. The molecule has 0 radical (unpaired) electrons. The zero-order chi connectivity index (χ0) is 18.1. The number of piperidine rings is 1. The highest BCUT2D eigenvalue weighted by Crippen LogP contribution is 2.32. The van der Waals surface area contributed by atoms with Gasteiger partial charge in [0.25, 0.3) is 10.0 Å². The van der Waals surface area contributed by atoms with E-state index in [9.17, 15) is 12.8 Å². The predicted molar refractivity (Wildman–Crippen MR) is 94.7 cm³/mol. The van der Waals surface area contributed by atoms with Gasteiger partial charge in [0.05, 0.1) is 5.56 Å². The number of benzene rings is 1. The first-order valence-electron chi connectivity index (χ1n) is 8.18. The SMILES string of the molecule is O=S(=O)(c1cccs1)N1CCC(c2nc(-c3ccccc3F)no2)CC1. The lowest BCUT2D eigenvalue weighted by Gasteiger charge is -2.29. The first-order valence-corrected chi connectivity index (χ1v) is 10.5. The van der Waals surface area contributed by atoms with Crippen molar-refractivity contribution in [3.63, 3.8) is 0 Å². The van der Waals surface area contributed by atoms with Gasteiger partial charge in [-0.15, -0.1) is 11.3 Å². The second-order valence-electron chi connectivity index (χ2n) is 6.05. The Balaban J connectivity index is 1.47. The molecule has 0 unspecified atom stereocenters. The Hall–Kier alpha value is -2.10. The van der Waals surface area contributed by atoms with E-state index in [1.54, 1.807) is 35.7 Å². The van der Waals surface area contributed by atoms with E-state index in [1.807, 2.05) is 0 Å². The lowest BCUT2D eigenvalue weighted by molar-refractivity contribution is 0.271. The lowest BCUT2D eigenvalue weighted by Crippen LogP contribution is -2.37. The molecule has 9 heteroatoms. The Bertz CT molecular complexity index is 994. The molecule has 1 aliphatic heterocycles. The Morgan fingerprint density at radius 2 is 1.92 bits per heavy atom. The number of sulfonamides is 1. The topological polar surface area (TPSA) is 76.3 Å². The van der Waals surface area contributed by atoms with Crippen molar-refractivity contribution in [3.8, 4) is 11.4 Å². The van der Waals surface area contributed by atoms with Crippen molar-refractivity contribution in [2.45, 2.75) is 23.0 Å². The summed E-state index contributed by atoms with van der Waals surface area (Å²) >= 11 is 1.22. The van der Waals surface area contributed by atoms with Gasteiger partial charge in [0, 0.05) is 19.0 Å². The van der Waals surface area contributed by atoms with Crippen molar-refractivity contribution < 1.29 is 17.3 Å². The van der Waals surface area contributed by atoms with Gasteiger partial charge in [-0.2, -0.15) is 9.29 Å². The molecule has 4 rings (SSSR count). The van der Waals surface area contributed by atoms with Crippen molar-refractivity contribution in [3.05, 3.63) is 53.5 Å². The molecule has 1 aromatic carbocycles. The van der Waals surface area contributed by atoms with Crippen LogP contribution in [-0.2, 0) is 10.0 Å². The van der Waals surface area contributed by atoms with Crippen LogP contribution in [-0.4, -0.2) is 36.0 Å². The maximum Gasteiger partial charge on any atom is 0.252 e. The highest BCUT2D eigenvalue weighted by atomic mass is 32.2. The van der Waals surface area contributed by atoms with Gasteiger partial charge in [0.2, 0.25) is 11.7 Å². The molecule has 26 heavy (non-hydrogen) atoms. The minimum absolute atomic E-state index is 0.0298. The quantitative estimate of drug-likeness (QED) is 0.678. The number of halogens is 1. The van der Waals surface area contributed by atoms with Crippen LogP contribution in [0.5, 0.6) is 0 Å². The van der Waals surface area contributed by atoms with Gasteiger partial charge in [0.15, 0.2) is 0 Å². The predicted octanol–water partition coefficient (Wildman–Crippen LogP) is 3.51. The van der Waals surface area contributed by atoms with Crippen molar-refractivity contribution in [2.24, 2.45) is 0 Å². The van der Waals surface area contributed by atoms with Gasteiger partial charge in [0.1, 0.15) is 10.0 Å². The zero-order valence-electron chi connectivity index (χ0n) is 13.7. The fourth-order valence-electron chi connectivity index (χ4n) is 3.03. The summed E-state index contributed by atoms with van der Waals surface area (Å²) in [6.45, 7) is 0.782. The number of aromatic nitrogens is 2. The van der Waals surface area contributed by atoms with Crippen LogP contribution in [0.15, 0.2) is 50.5 Å². The second-order valence-corrected chi connectivity index (χ2v) is 9.16. The number of nitrogens with zero attached hydrogens (tertiary/aromatic N) is 3. The van der Waals surface area contributed by atoms with Crippen LogP contribution in [0.4, 0.5) is 4.39 Å². The van der Waals surface area contributed by atoms with Crippen molar-refractivity contribution >= 4 is 21.4 Å². The number of rotatable bonds is 4. The first kappa shape index (κ1) is 17.3. The molecule has 1 saturated heterocycles. The standard InChI is InChI=1S/C17H16FN3O3S2/c18-14-5-2-1-4-13(14)16-19-17(24-20-16)12-7-9-21(10-8-12)26(22,23)15-6-3-11-25-15/h1-6,11-12H,7-10H2. The minimum atomic E-state index is -3.43. The van der Waals surface area contributed by atoms with Gasteiger partial charge in [-0.25, -0.2) is 12.8 Å². The van der Waals surface area contributed by atoms with Crippen LogP contribution < -0.4 is 0 Å². The summed E-state index contributed by atoms with van der Waals surface area (Å²) in [6, 6.07) is 9.60. The number of hydrogen-bond acceptors (Lipinski definition) is 6. The summed E-state index contributed by atoms with van der Waals surface area (Å²) in [5, 5.41) is 5.63. The number of hydrogen-bond donors (Lipinski definition) is 0. The molecule has 0 spiro atoms. The van der Waals surface area contributed by atoms with Gasteiger partial charge in [-0.3, -0.25) is 0 Å². The molecule has 0 saturated carbocycles. The maximum absolute atomic E-state index is 13.8. The fraction of sp³-hybridized carbons (Fsp3) is 0.294. The molecule has 3 heterocycles. The van der Waals surface area contributed by atoms with Crippen molar-refractivity contribution in [2.75, 3.05) is 13.1 Å². The third-order valence-corrected chi connectivity index (χ3v) is 7.72. The van der Waals surface area contributed by atoms with Gasteiger partial charge in [-0.05, 0) is 36.4 Å². The smallest absolute Gasteiger partial charge is 0.252 e. The van der Waals surface area contributed by atoms with Gasteiger partial charge < -0.3 is 4.52 Å². The molecule has 0 atom stereocenters. The summed E-state index contributed by atoms with van der Waals surface area (Å²) in [6.07, 6.45) is 1.17. The van der Waals surface area contributed by atoms with Crippen LogP contribution in [0.3, 0.4) is 0 Å². The molecule has 2 aromatic heterocycles. The van der Waals surface area contributed by atoms with E-state index in [-0.39, 0.29) is 11.7 Å². The largest absolute Gasteiger partial charge is 0.339 e. The fourth-order valence-corrected chi connectivity index (χ4v) is 5.65. The van der Waals surface area contributed by atoms with E-state index < -0.39 is 15.8 Å². The number of thiophene rings is 1. The van der Waals surface area contributed by atoms with E-state index in [4.69, 9.17) is 4.52 Å². The van der Waals surface area contributed by atoms with Crippen molar-refractivity contribution in [1.29, 1.82) is 0 Å². The van der Waals surface area contributed by atoms with Crippen LogP contribution in [0.1, 0.15) is 24.7 Å². The maximum atomic E-state index is 13.8. The summed E-state index contributed by atoms with van der Waals surface area (Å²) < 4.78 is 46.1. The molecular formula is C17H16FN3O3S2. The molecule has 136 valence electrons. The van der Waals surface area contributed by atoms with Gasteiger partial charge >= 0.3 is 0 Å². The average Bonchev–Trinajstić information content (AvgIpc) is 3.35. The Kier molecular flexibility index (Phi) is 4.60. The summed E-state index contributed by atoms with van der Waals surface area (Å²) in [5.41, 5.74) is 0.292. The molecule has 0 aliphatic carbocycles. The Morgan fingerprint density at radius 3 is 2.62 bits per heavy atom. The Morgan fingerprint density at radius 1 is 1.15 bits per heavy atom. The molecule has 3 aromatic rings. The first-order chi connectivity index (χ1) is 12.6. The van der Waals surface area contributed by atoms with Crippen LogP contribution >= 0.6 is 11.3 Å². The Labute approximate surface area is 154 Å². The third-order valence-electron chi connectivity index (χ3n) is 4.45.